The van der Waals surface area contributed by atoms with Crippen molar-refractivity contribution in [2.75, 3.05) is 31.3 Å². The molecule has 8 aromatic carbocycles. The number of nitrogens with zero attached hydrogens (tertiary/aromatic N) is 3. The Morgan fingerprint density at radius 1 is 0.380 bits per heavy atom. The fraction of sp³-hybridized carbons (Fsp3) is 0.294. The van der Waals surface area contributed by atoms with Crippen LogP contribution in [0, 0.1) is 0 Å². The van der Waals surface area contributed by atoms with E-state index in [9.17, 15) is 0 Å². The average Bonchev–Trinajstić information content (AvgIpc) is 2.88. The molecule has 0 atom stereocenters. The Kier molecular flexibility index (Phi) is 11.1. The van der Waals surface area contributed by atoms with Gasteiger partial charge in [-0.05, 0) is 213 Å². The van der Waals surface area contributed by atoms with Gasteiger partial charge in [0.05, 0.1) is 17.1 Å². The predicted molar refractivity (Wildman–Crippen MR) is 340 cm³/mol. The van der Waals surface area contributed by atoms with Gasteiger partial charge in [-0.15, -0.1) is 0 Å². The number of rotatable bonds is 6. The predicted octanol–water partition coefficient (Wildman–Crippen LogP) is 12.9. The first kappa shape index (κ1) is 47.3. The second kappa shape index (κ2) is 18.5. The number of benzene rings is 8. The number of nitrogens with one attached hydrogen (secondary N) is 1. The molecule has 79 heavy (non-hydrogen) atoms. The standard InChI is InChI=1S/C68H63B3N4O2S2/c1-78-74-57-39-54-50(69-48-27-15-17-29-56(48)73(47-25-13-6-14-26-47)59-32-44(31-55(72-54)66(59)69)41-19-7-3-8-20-41)37-51(57)71-53-38-52-58(40-63(53)77-65-36-46(34-61(74)68(65)71)43-23-11-5-12-24-43)75(79-2)60-33-45(42-21-9-4-10-22-42)35-64-67(60)70(52)49-28-16-18-30-62(49)76-64/h6,13-18,25-43,72H,3-5,7-12,19-24H2,1-2H3. The summed E-state index contributed by atoms with van der Waals surface area (Å²) in [4.78, 5) is 2.56. The molecule has 0 spiro atoms. The van der Waals surface area contributed by atoms with Crippen LogP contribution in [0.3, 0.4) is 0 Å². The van der Waals surface area contributed by atoms with E-state index in [1.807, 2.05) is 11.9 Å². The van der Waals surface area contributed by atoms with Crippen LogP contribution < -0.4 is 77.5 Å². The molecule has 3 fully saturated rings. The Hall–Kier alpha value is -6.55. The van der Waals surface area contributed by atoms with Gasteiger partial charge in [-0.25, -0.2) is 0 Å². The van der Waals surface area contributed by atoms with Crippen LogP contribution in [0.4, 0.5) is 51.2 Å². The zero-order valence-electron chi connectivity index (χ0n) is 45.3. The van der Waals surface area contributed by atoms with Crippen molar-refractivity contribution in [3.05, 3.63) is 156 Å². The van der Waals surface area contributed by atoms with Crippen LogP contribution in [0.2, 0.25) is 0 Å². The number of para-hydroxylation sites is 3. The molecule has 17 rings (SSSR count). The van der Waals surface area contributed by atoms with Crippen LogP contribution in [0.5, 0.6) is 23.0 Å². The van der Waals surface area contributed by atoms with E-state index >= 15 is 0 Å². The number of hydrogen-bond acceptors (Lipinski definition) is 8. The highest BCUT2D eigenvalue weighted by Crippen LogP contribution is 2.49. The molecule has 0 saturated heterocycles. The average molecular weight is 1060 g/mol. The Balaban J connectivity index is 0.895. The van der Waals surface area contributed by atoms with E-state index in [0.29, 0.717) is 17.8 Å². The summed E-state index contributed by atoms with van der Waals surface area (Å²) in [5.74, 6) is 5.60. The van der Waals surface area contributed by atoms with E-state index in [4.69, 9.17) is 9.47 Å². The van der Waals surface area contributed by atoms with Crippen molar-refractivity contribution in [3.8, 4) is 23.0 Å². The fourth-order valence-corrected chi connectivity index (χ4v) is 17.9. The Morgan fingerprint density at radius 2 is 0.886 bits per heavy atom. The monoisotopic (exact) mass is 1060 g/mol. The normalized spacial score (nSPS) is 18.4. The minimum atomic E-state index is -0.0651. The topological polar surface area (TPSA) is 40.2 Å². The Bertz CT molecular complexity index is 3840. The summed E-state index contributed by atoms with van der Waals surface area (Å²) in [5, 5.41) is 4.23. The summed E-state index contributed by atoms with van der Waals surface area (Å²) in [6, 6.07) is 54.6. The second-order valence-corrected chi connectivity index (χ2v) is 25.7. The molecule has 9 aliphatic rings. The first-order chi connectivity index (χ1) is 39.1. The van der Waals surface area contributed by atoms with E-state index in [-0.39, 0.29) is 20.1 Å². The van der Waals surface area contributed by atoms with Gasteiger partial charge in [0.2, 0.25) is 0 Å². The lowest BCUT2D eigenvalue weighted by molar-refractivity contribution is 0.440. The van der Waals surface area contributed by atoms with Gasteiger partial charge in [0, 0.05) is 52.7 Å². The molecule has 388 valence electrons. The SMILES string of the molecule is CSN1c2cc3c(cc2B2c4cc5c(cc4Oc4cc(C6CCCCC6)cc1c42)N(SC)c1cc(C2CCCCC2)cc2c1B5c1ccccc1O2)B1c2ccccc2N(c2ccccc2)c2cc(C4CCCCC4)cc(c21)N3. The molecule has 3 aliphatic carbocycles. The van der Waals surface area contributed by atoms with E-state index in [2.05, 4.69) is 171 Å². The zero-order valence-corrected chi connectivity index (χ0v) is 47.0. The molecule has 0 radical (unpaired) electrons. The van der Waals surface area contributed by atoms with E-state index < -0.39 is 0 Å². The van der Waals surface area contributed by atoms with Crippen molar-refractivity contribution in [2.24, 2.45) is 0 Å². The Morgan fingerprint density at radius 3 is 1.52 bits per heavy atom. The molecule has 11 heteroatoms. The number of fused-ring (bicyclic) bond motifs is 12. The molecule has 8 aromatic rings. The molecular weight excluding hydrogens is 1000 g/mol. The summed E-state index contributed by atoms with van der Waals surface area (Å²) in [5.41, 5.74) is 27.3. The highest BCUT2D eigenvalue weighted by molar-refractivity contribution is 8.00. The minimum absolute atomic E-state index is 0.00631. The van der Waals surface area contributed by atoms with E-state index in [1.165, 1.54) is 213 Å². The highest BCUT2D eigenvalue weighted by atomic mass is 32.2. The van der Waals surface area contributed by atoms with Gasteiger partial charge < -0.3 is 19.7 Å². The summed E-state index contributed by atoms with van der Waals surface area (Å²) in [7, 11) is 0. The third-order valence-corrected chi connectivity index (χ3v) is 21.6. The lowest BCUT2D eigenvalue weighted by Gasteiger charge is -2.44. The van der Waals surface area contributed by atoms with Gasteiger partial charge in [0.15, 0.2) is 0 Å². The van der Waals surface area contributed by atoms with Crippen LogP contribution in [0.25, 0.3) is 0 Å². The van der Waals surface area contributed by atoms with Gasteiger partial charge in [0.25, 0.3) is 20.1 Å². The maximum absolute atomic E-state index is 7.58. The molecule has 0 aromatic heterocycles. The van der Waals surface area contributed by atoms with Gasteiger partial charge in [0.1, 0.15) is 23.0 Å². The highest BCUT2D eigenvalue weighted by Gasteiger charge is 2.49. The number of hydrogen-bond donors (Lipinski definition) is 1. The third kappa shape index (κ3) is 7.16. The van der Waals surface area contributed by atoms with Crippen molar-refractivity contribution < 1.29 is 9.47 Å². The van der Waals surface area contributed by atoms with Crippen molar-refractivity contribution in [1.29, 1.82) is 0 Å². The molecule has 6 nitrogen and oxygen atoms in total. The lowest BCUT2D eigenvalue weighted by Crippen LogP contribution is -2.65. The van der Waals surface area contributed by atoms with Crippen LogP contribution in [0.15, 0.2) is 140 Å². The Labute approximate surface area is 475 Å². The summed E-state index contributed by atoms with van der Waals surface area (Å²) in [6.45, 7) is -0.0259. The van der Waals surface area contributed by atoms with Crippen molar-refractivity contribution in [1.82, 2.24) is 0 Å². The molecule has 0 unspecified atom stereocenters. The molecule has 1 N–H and O–H groups in total. The van der Waals surface area contributed by atoms with Crippen LogP contribution >= 0.6 is 23.9 Å². The smallest absolute Gasteiger partial charge is 0.256 e. The summed E-state index contributed by atoms with van der Waals surface area (Å²) >= 11 is 3.64. The van der Waals surface area contributed by atoms with Crippen molar-refractivity contribution in [2.45, 2.75) is 114 Å². The fourth-order valence-electron chi connectivity index (χ4n) is 16.5. The summed E-state index contributed by atoms with van der Waals surface area (Å²) in [6.07, 6.45) is 23.7. The number of anilines is 9. The summed E-state index contributed by atoms with van der Waals surface area (Å²) < 4.78 is 19.7. The maximum Gasteiger partial charge on any atom is 0.256 e. The van der Waals surface area contributed by atoms with Gasteiger partial charge in [-0.1, -0.05) is 125 Å². The third-order valence-electron chi connectivity index (χ3n) is 20.1. The lowest BCUT2D eigenvalue weighted by atomic mass is 9.29. The van der Waals surface area contributed by atoms with Crippen LogP contribution in [-0.2, 0) is 0 Å². The van der Waals surface area contributed by atoms with Crippen molar-refractivity contribution in [3.63, 3.8) is 0 Å². The number of ether oxygens (including phenoxy) is 2. The molecule has 6 heterocycles. The second-order valence-electron chi connectivity index (χ2n) is 24.2. The molecule has 0 amide bonds. The zero-order chi connectivity index (χ0) is 52.0. The van der Waals surface area contributed by atoms with Crippen molar-refractivity contribution >= 4 is 144 Å². The molecular formula is C68H63B3N4O2S2. The maximum atomic E-state index is 7.58. The molecule has 3 saturated carbocycles. The molecule has 6 aliphatic heterocycles. The van der Waals surface area contributed by atoms with Gasteiger partial charge in [-0.3, -0.25) is 8.61 Å². The van der Waals surface area contributed by atoms with Gasteiger partial charge in [-0.2, -0.15) is 0 Å². The quantitative estimate of drug-likeness (QED) is 0.130. The first-order valence-electron chi connectivity index (χ1n) is 29.8. The van der Waals surface area contributed by atoms with Gasteiger partial charge >= 0.3 is 0 Å². The largest absolute Gasteiger partial charge is 0.458 e. The van der Waals surface area contributed by atoms with E-state index in [0.717, 1.165) is 23.0 Å². The molecule has 0 bridgehead atoms. The van der Waals surface area contributed by atoms with Crippen LogP contribution in [0.1, 0.15) is 131 Å². The van der Waals surface area contributed by atoms with E-state index in [1.54, 1.807) is 11.9 Å². The van der Waals surface area contributed by atoms with Crippen LogP contribution in [-0.4, -0.2) is 32.6 Å². The minimum Gasteiger partial charge on any atom is -0.458 e. The first-order valence-corrected chi connectivity index (χ1v) is 32.2.